The fourth-order valence-corrected chi connectivity index (χ4v) is 4.46. The highest BCUT2D eigenvalue weighted by molar-refractivity contribution is 7.88. The van der Waals surface area contributed by atoms with Crippen molar-refractivity contribution in [3.8, 4) is 0 Å². The Balaban J connectivity index is 1.83. The zero-order valence-corrected chi connectivity index (χ0v) is 12.8. The molecule has 2 fully saturated rings. The van der Waals surface area contributed by atoms with E-state index < -0.39 is 10.0 Å². The zero-order chi connectivity index (χ0) is 13.6. The molecule has 2 aliphatic rings. The molecule has 0 aromatic heterocycles. The summed E-state index contributed by atoms with van der Waals surface area (Å²) >= 11 is 0. The number of sulfonamides is 1. The lowest BCUT2D eigenvalue weighted by molar-refractivity contribution is 0.343. The van der Waals surface area contributed by atoms with Crippen molar-refractivity contribution >= 4 is 10.0 Å². The van der Waals surface area contributed by atoms with Crippen molar-refractivity contribution < 1.29 is 8.42 Å². The second-order valence-electron chi connectivity index (χ2n) is 6.67. The maximum atomic E-state index is 11.6. The first-order chi connectivity index (χ1) is 8.22. The molecule has 1 saturated carbocycles. The van der Waals surface area contributed by atoms with E-state index in [0.717, 1.165) is 25.3 Å². The fourth-order valence-electron chi connectivity index (χ4n) is 3.28. The van der Waals surface area contributed by atoms with E-state index in [-0.39, 0.29) is 6.04 Å². The number of hydrogen-bond donors (Lipinski definition) is 1. The van der Waals surface area contributed by atoms with Gasteiger partial charge in [-0.15, -0.1) is 0 Å². The Bertz CT molecular complexity index is 405. The van der Waals surface area contributed by atoms with Gasteiger partial charge in [0.2, 0.25) is 10.0 Å². The molecular formula is C13H26N2O2S. The second-order valence-corrected chi connectivity index (χ2v) is 8.60. The van der Waals surface area contributed by atoms with Gasteiger partial charge in [-0.1, -0.05) is 13.8 Å². The summed E-state index contributed by atoms with van der Waals surface area (Å²) < 4.78 is 24.9. The van der Waals surface area contributed by atoms with Gasteiger partial charge in [0.05, 0.1) is 6.26 Å². The third-order valence-corrected chi connectivity index (χ3v) is 5.95. The molecule has 1 saturated heterocycles. The first kappa shape index (κ1) is 14.3. The highest BCUT2D eigenvalue weighted by Gasteiger charge is 2.48. The summed E-state index contributed by atoms with van der Waals surface area (Å²) in [6.07, 6.45) is 4.57. The fraction of sp³-hybridized carbons (Fsp3) is 1.00. The summed E-state index contributed by atoms with van der Waals surface area (Å²) in [6, 6.07) is 0.645. The number of nitrogens with one attached hydrogen (secondary N) is 1. The molecule has 4 nitrogen and oxygen atoms in total. The maximum absolute atomic E-state index is 11.6. The molecule has 1 N–H and O–H groups in total. The van der Waals surface area contributed by atoms with Gasteiger partial charge in [0.25, 0.3) is 0 Å². The molecule has 2 rings (SSSR count). The van der Waals surface area contributed by atoms with Crippen molar-refractivity contribution in [3.05, 3.63) is 0 Å². The van der Waals surface area contributed by atoms with Gasteiger partial charge in [0, 0.05) is 25.2 Å². The Morgan fingerprint density at radius 2 is 2.06 bits per heavy atom. The smallest absolute Gasteiger partial charge is 0.211 e. The van der Waals surface area contributed by atoms with Gasteiger partial charge in [-0.05, 0) is 37.5 Å². The third kappa shape index (κ3) is 3.06. The molecule has 0 aromatic rings. The summed E-state index contributed by atoms with van der Waals surface area (Å²) in [5.41, 5.74) is 0.471. The van der Waals surface area contributed by atoms with Gasteiger partial charge in [-0.3, -0.25) is 0 Å². The average Bonchev–Trinajstić information content (AvgIpc) is 2.70. The van der Waals surface area contributed by atoms with Crippen LogP contribution in [-0.4, -0.2) is 44.2 Å². The van der Waals surface area contributed by atoms with Gasteiger partial charge in [-0.25, -0.2) is 8.42 Å². The quantitative estimate of drug-likeness (QED) is 0.825. The Kier molecular flexibility index (Phi) is 3.78. The zero-order valence-electron chi connectivity index (χ0n) is 11.9. The summed E-state index contributed by atoms with van der Waals surface area (Å²) in [6.45, 7) is 8.30. The van der Waals surface area contributed by atoms with E-state index in [4.69, 9.17) is 0 Å². The highest BCUT2D eigenvalue weighted by atomic mass is 32.2. The molecule has 0 unspecified atom stereocenters. The van der Waals surface area contributed by atoms with E-state index in [1.165, 1.54) is 12.7 Å². The normalized spacial score (nSPS) is 33.6. The van der Waals surface area contributed by atoms with Crippen LogP contribution in [0.4, 0.5) is 0 Å². The first-order valence-electron chi connectivity index (χ1n) is 6.92. The van der Waals surface area contributed by atoms with E-state index in [2.05, 4.69) is 26.1 Å². The van der Waals surface area contributed by atoms with Crippen LogP contribution in [0.5, 0.6) is 0 Å². The van der Waals surface area contributed by atoms with Crippen molar-refractivity contribution in [3.63, 3.8) is 0 Å². The molecule has 1 aliphatic heterocycles. The van der Waals surface area contributed by atoms with Crippen LogP contribution in [0.1, 0.15) is 40.0 Å². The van der Waals surface area contributed by atoms with Crippen LogP contribution < -0.4 is 5.32 Å². The molecule has 1 heterocycles. The van der Waals surface area contributed by atoms with Crippen LogP contribution in [0, 0.1) is 11.3 Å². The van der Waals surface area contributed by atoms with Crippen molar-refractivity contribution in [2.24, 2.45) is 11.3 Å². The van der Waals surface area contributed by atoms with Crippen LogP contribution in [0.15, 0.2) is 0 Å². The summed E-state index contributed by atoms with van der Waals surface area (Å²) in [4.78, 5) is 0. The summed E-state index contributed by atoms with van der Waals surface area (Å²) in [7, 11) is -3.03. The summed E-state index contributed by atoms with van der Waals surface area (Å²) in [5.74, 6) is 0.741. The van der Waals surface area contributed by atoms with E-state index in [9.17, 15) is 8.42 Å². The van der Waals surface area contributed by atoms with E-state index in [0.29, 0.717) is 18.0 Å². The molecule has 0 amide bonds. The molecule has 0 bridgehead atoms. The Hall–Kier alpha value is -0.130. The van der Waals surface area contributed by atoms with Gasteiger partial charge in [0.15, 0.2) is 0 Å². The van der Waals surface area contributed by atoms with Gasteiger partial charge in [-0.2, -0.15) is 4.31 Å². The average molecular weight is 274 g/mol. The molecule has 5 heteroatoms. The van der Waals surface area contributed by atoms with Crippen LogP contribution in [0.2, 0.25) is 0 Å². The molecule has 18 heavy (non-hydrogen) atoms. The van der Waals surface area contributed by atoms with Crippen molar-refractivity contribution in [1.82, 2.24) is 9.62 Å². The van der Waals surface area contributed by atoms with Crippen LogP contribution in [0.3, 0.4) is 0 Å². The lowest BCUT2D eigenvalue weighted by Gasteiger charge is -2.25. The second kappa shape index (κ2) is 4.76. The minimum atomic E-state index is -3.03. The molecule has 106 valence electrons. The number of rotatable bonds is 5. The monoisotopic (exact) mass is 274 g/mol. The lowest BCUT2D eigenvalue weighted by atomic mass is 10.0. The van der Waals surface area contributed by atoms with Gasteiger partial charge in [0.1, 0.15) is 0 Å². The van der Waals surface area contributed by atoms with Gasteiger partial charge < -0.3 is 5.32 Å². The first-order valence-corrected chi connectivity index (χ1v) is 8.77. The topological polar surface area (TPSA) is 49.4 Å². The maximum Gasteiger partial charge on any atom is 0.211 e. The standard InChI is InChI=1S/C13H26N2O2S/c1-10(12-8-13(12,2)3)14-9-11-6-5-7-15(11)18(4,16)17/h10-12,14H,5-9H2,1-4H3/t10-,11-,12-/m1/s1. The lowest BCUT2D eigenvalue weighted by Crippen LogP contribution is -2.44. The van der Waals surface area contributed by atoms with Crippen LogP contribution >= 0.6 is 0 Å². The summed E-state index contributed by atoms with van der Waals surface area (Å²) in [5, 5.41) is 3.54. The minimum Gasteiger partial charge on any atom is -0.312 e. The predicted octanol–water partition coefficient (Wildman–Crippen LogP) is 1.43. The largest absolute Gasteiger partial charge is 0.312 e. The molecule has 1 aliphatic carbocycles. The molecule has 3 atom stereocenters. The molecule has 0 spiro atoms. The van der Waals surface area contributed by atoms with Crippen molar-refractivity contribution in [1.29, 1.82) is 0 Å². The van der Waals surface area contributed by atoms with Crippen LogP contribution in [0.25, 0.3) is 0 Å². The predicted molar refractivity (Wildman–Crippen MR) is 73.9 cm³/mol. The Morgan fingerprint density at radius 1 is 1.44 bits per heavy atom. The Morgan fingerprint density at radius 3 is 2.56 bits per heavy atom. The highest BCUT2D eigenvalue weighted by Crippen LogP contribution is 2.53. The molecular weight excluding hydrogens is 248 g/mol. The number of hydrogen-bond acceptors (Lipinski definition) is 3. The molecule has 0 aromatic carbocycles. The van der Waals surface area contributed by atoms with Gasteiger partial charge >= 0.3 is 0 Å². The minimum absolute atomic E-state index is 0.157. The van der Waals surface area contributed by atoms with E-state index in [1.54, 1.807) is 4.31 Å². The van der Waals surface area contributed by atoms with Crippen LogP contribution in [-0.2, 0) is 10.0 Å². The SMILES string of the molecule is C[C@@H](NC[C@H]1CCCN1S(C)(=O)=O)[C@H]1CC1(C)C. The molecule has 0 radical (unpaired) electrons. The third-order valence-electron chi connectivity index (χ3n) is 4.62. The van der Waals surface area contributed by atoms with E-state index >= 15 is 0 Å². The van der Waals surface area contributed by atoms with Crippen molar-refractivity contribution in [2.45, 2.75) is 52.1 Å². The number of nitrogens with zero attached hydrogens (tertiary/aromatic N) is 1. The van der Waals surface area contributed by atoms with E-state index in [1.807, 2.05) is 0 Å². The van der Waals surface area contributed by atoms with Crippen molar-refractivity contribution in [2.75, 3.05) is 19.3 Å². The Labute approximate surface area is 111 Å².